The van der Waals surface area contributed by atoms with E-state index in [0.717, 1.165) is 17.1 Å². The zero-order valence-corrected chi connectivity index (χ0v) is 13.7. The molecule has 1 fully saturated rings. The summed E-state index contributed by atoms with van der Waals surface area (Å²) in [5.74, 6) is 2.18. The van der Waals surface area contributed by atoms with Gasteiger partial charge < -0.3 is 5.32 Å². The van der Waals surface area contributed by atoms with Gasteiger partial charge in [0.25, 0.3) is 0 Å². The molecule has 0 aliphatic heterocycles. The number of carbonyl (C=O) groups is 1. The molecule has 3 heteroatoms. The van der Waals surface area contributed by atoms with Gasteiger partial charge in [-0.1, -0.05) is 12.1 Å². The van der Waals surface area contributed by atoms with Crippen molar-refractivity contribution < 1.29 is 4.79 Å². The van der Waals surface area contributed by atoms with Crippen LogP contribution in [0.2, 0.25) is 0 Å². The van der Waals surface area contributed by atoms with Crippen LogP contribution < -0.4 is 5.32 Å². The highest BCUT2D eigenvalue weighted by Gasteiger charge is 2.37. The third-order valence-corrected chi connectivity index (χ3v) is 5.36. The molecule has 0 spiro atoms. The second-order valence-corrected chi connectivity index (χ2v) is 6.95. The van der Waals surface area contributed by atoms with Gasteiger partial charge in [-0.05, 0) is 74.6 Å². The van der Waals surface area contributed by atoms with Crippen molar-refractivity contribution in [2.45, 2.75) is 51.4 Å². The molecule has 0 amide bonds. The van der Waals surface area contributed by atoms with Gasteiger partial charge in [0.1, 0.15) is 5.82 Å². The quantitative estimate of drug-likeness (QED) is 0.803. The molecule has 1 saturated carbocycles. The van der Waals surface area contributed by atoms with Crippen molar-refractivity contribution in [3.05, 3.63) is 52.7 Å². The molecule has 1 aromatic heterocycles. The summed E-state index contributed by atoms with van der Waals surface area (Å²) in [7, 11) is 0. The van der Waals surface area contributed by atoms with E-state index in [0.29, 0.717) is 11.8 Å². The molecule has 1 aromatic carbocycles. The van der Waals surface area contributed by atoms with Gasteiger partial charge in [0.15, 0.2) is 5.78 Å². The highest BCUT2D eigenvalue weighted by Crippen LogP contribution is 2.52. The zero-order chi connectivity index (χ0) is 16.0. The van der Waals surface area contributed by atoms with Gasteiger partial charge in [-0.2, -0.15) is 0 Å². The number of pyridine rings is 1. The van der Waals surface area contributed by atoms with Gasteiger partial charge in [0.2, 0.25) is 0 Å². The number of anilines is 2. The second kappa shape index (κ2) is 5.48. The smallest absolute Gasteiger partial charge is 0.161 e. The summed E-state index contributed by atoms with van der Waals surface area (Å²) in [5, 5.41) is 3.50. The normalized spacial score (nSPS) is 21.8. The van der Waals surface area contributed by atoms with E-state index >= 15 is 0 Å². The summed E-state index contributed by atoms with van der Waals surface area (Å²) in [4.78, 5) is 16.7. The van der Waals surface area contributed by atoms with Crippen molar-refractivity contribution in [3.8, 4) is 0 Å². The summed E-state index contributed by atoms with van der Waals surface area (Å²) >= 11 is 0. The zero-order valence-electron chi connectivity index (χ0n) is 13.7. The average Bonchev–Trinajstić information content (AvgIpc) is 2.56. The maximum Gasteiger partial charge on any atom is 0.161 e. The Balaban J connectivity index is 1.83. The number of hydrogen-bond donors (Lipinski definition) is 1. The molecule has 2 bridgehead atoms. The molecule has 3 aliphatic rings. The number of carbonyl (C=O) groups excluding carboxylic acids is 1. The van der Waals surface area contributed by atoms with Crippen LogP contribution in [0, 0.1) is 6.92 Å². The van der Waals surface area contributed by atoms with Gasteiger partial charge in [-0.3, -0.25) is 4.79 Å². The predicted octanol–water partition coefficient (Wildman–Crippen LogP) is 5.09. The Kier molecular flexibility index (Phi) is 3.44. The van der Waals surface area contributed by atoms with E-state index in [4.69, 9.17) is 0 Å². The summed E-state index contributed by atoms with van der Waals surface area (Å²) in [6.45, 7) is 3.75. The first-order valence-corrected chi connectivity index (χ1v) is 8.51. The number of benzene rings is 1. The molecule has 0 atom stereocenters. The summed E-state index contributed by atoms with van der Waals surface area (Å²) in [6.07, 6.45) is 6.66. The molecule has 5 rings (SSSR count). The molecular formula is C20H22N2O. The van der Waals surface area contributed by atoms with Crippen molar-refractivity contribution in [1.29, 1.82) is 0 Å². The Morgan fingerprint density at radius 2 is 1.83 bits per heavy atom. The van der Waals surface area contributed by atoms with Crippen molar-refractivity contribution in [2.24, 2.45) is 0 Å². The van der Waals surface area contributed by atoms with Crippen LogP contribution in [0.3, 0.4) is 0 Å². The first kappa shape index (κ1) is 14.4. The molecule has 2 aromatic rings. The van der Waals surface area contributed by atoms with Crippen LogP contribution in [-0.2, 0) is 0 Å². The highest BCUT2D eigenvalue weighted by atomic mass is 16.1. The first-order valence-electron chi connectivity index (χ1n) is 8.51. The maximum atomic E-state index is 12.0. The summed E-state index contributed by atoms with van der Waals surface area (Å²) in [5.41, 5.74) is 5.72. The molecule has 23 heavy (non-hydrogen) atoms. The maximum absolute atomic E-state index is 12.0. The Bertz CT molecular complexity index is 773. The Morgan fingerprint density at radius 3 is 2.48 bits per heavy atom. The van der Waals surface area contributed by atoms with E-state index < -0.39 is 0 Å². The number of fused-ring (bicyclic) bond motifs is 2. The lowest BCUT2D eigenvalue weighted by atomic mass is 9.66. The number of aryl methyl sites for hydroxylation is 1. The van der Waals surface area contributed by atoms with Crippen LogP contribution in [0.15, 0.2) is 30.5 Å². The van der Waals surface area contributed by atoms with Crippen LogP contribution in [0.25, 0.3) is 0 Å². The summed E-state index contributed by atoms with van der Waals surface area (Å²) in [6, 6.07) is 8.35. The van der Waals surface area contributed by atoms with Crippen LogP contribution in [0.1, 0.15) is 71.5 Å². The third kappa shape index (κ3) is 2.44. The van der Waals surface area contributed by atoms with Crippen LogP contribution >= 0.6 is 0 Å². The van der Waals surface area contributed by atoms with E-state index in [-0.39, 0.29) is 5.78 Å². The average molecular weight is 306 g/mol. The topological polar surface area (TPSA) is 42.0 Å². The Morgan fingerprint density at radius 1 is 1.13 bits per heavy atom. The second-order valence-electron chi connectivity index (χ2n) is 6.95. The largest absolute Gasteiger partial charge is 0.340 e. The number of ketones is 1. The summed E-state index contributed by atoms with van der Waals surface area (Å²) < 4.78 is 0. The van der Waals surface area contributed by atoms with Gasteiger partial charge in [0.05, 0.1) is 0 Å². The molecule has 0 radical (unpaired) electrons. The molecule has 0 unspecified atom stereocenters. The van der Waals surface area contributed by atoms with Crippen molar-refractivity contribution in [1.82, 2.24) is 4.98 Å². The fourth-order valence-corrected chi connectivity index (χ4v) is 4.30. The number of nitrogens with one attached hydrogen (secondary N) is 1. The fourth-order valence-electron chi connectivity index (χ4n) is 4.30. The number of aromatic nitrogens is 1. The molecular weight excluding hydrogens is 284 g/mol. The van der Waals surface area contributed by atoms with E-state index in [1.807, 2.05) is 0 Å². The fraction of sp³-hybridized carbons (Fsp3) is 0.400. The van der Waals surface area contributed by atoms with Gasteiger partial charge in [-0.25, -0.2) is 4.98 Å². The van der Waals surface area contributed by atoms with Gasteiger partial charge in [0, 0.05) is 23.0 Å². The van der Waals surface area contributed by atoms with Crippen LogP contribution in [0.4, 0.5) is 11.5 Å². The van der Waals surface area contributed by atoms with Gasteiger partial charge in [-0.15, -0.1) is 0 Å². The molecule has 3 nitrogen and oxygen atoms in total. The number of Topliss-reactive ketones (excluding diaryl/α,β-unsaturated/α-hetero) is 1. The first-order chi connectivity index (χ1) is 11.1. The number of hydrogen-bond acceptors (Lipinski definition) is 3. The molecule has 1 heterocycles. The van der Waals surface area contributed by atoms with E-state index in [2.05, 4.69) is 41.5 Å². The minimum absolute atomic E-state index is 0.142. The van der Waals surface area contributed by atoms with Crippen molar-refractivity contribution in [3.63, 3.8) is 0 Å². The SMILES string of the molecule is CC(=O)c1cnc(Nc2cccc(C)c2)c2c1C1CCC2CC1. The molecule has 1 N–H and O–H groups in total. The minimum Gasteiger partial charge on any atom is -0.340 e. The van der Waals surface area contributed by atoms with Gasteiger partial charge >= 0.3 is 0 Å². The van der Waals surface area contributed by atoms with E-state index in [1.165, 1.54) is 42.4 Å². The molecule has 3 aliphatic carbocycles. The third-order valence-electron chi connectivity index (χ3n) is 5.36. The monoisotopic (exact) mass is 306 g/mol. The molecule has 0 saturated heterocycles. The molecule has 118 valence electrons. The number of rotatable bonds is 3. The Hall–Kier alpha value is -2.16. The van der Waals surface area contributed by atoms with Crippen LogP contribution in [-0.4, -0.2) is 10.8 Å². The van der Waals surface area contributed by atoms with Crippen LogP contribution in [0.5, 0.6) is 0 Å². The minimum atomic E-state index is 0.142. The Labute approximate surface area is 137 Å². The lowest BCUT2D eigenvalue weighted by Crippen LogP contribution is -2.25. The van der Waals surface area contributed by atoms with Crippen molar-refractivity contribution >= 4 is 17.3 Å². The predicted molar refractivity (Wildman–Crippen MR) is 92.7 cm³/mol. The van der Waals surface area contributed by atoms with E-state index in [1.54, 1.807) is 13.1 Å². The highest BCUT2D eigenvalue weighted by molar-refractivity contribution is 5.96. The van der Waals surface area contributed by atoms with E-state index in [9.17, 15) is 4.79 Å². The number of nitrogens with zero attached hydrogens (tertiary/aromatic N) is 1. The lowest BCUT2D eigenvalue weighted by Gasteiger charge is -2.40. The lowest BCUT2D eigenvalue weighted by molar-refractivity contribution is 0.101. The standard InChI is InChI=1S/C20H22N2O/c1-12-4-3-5-16(10-12)22-20-19-15-8-6-14(7-9-15)18(19)17(11-21-20)13(2)23/h3-5,10-11,14-15H,6-9H2,1-2H3,(H,21,22). The van der Waals surface area contributed by atoms with Crippen molar-refractivity contribution in [2.75, 3.05) is 5.32 Å².